The number of phenolic OH excluding ortho intramolecular Hbond substituents is 1. The van der Waals surface area contributed by atoms with Gasteiger partial charge in [-0.05, 0) is 50.2 Å². The van der Waals surface area contributed by atoms with Crippen molar-refractivity contribution in [1.29, 1.82) is 0 Å². The van der Waals surface area contributed by atoms with E-state index < -0.39 is 15.1 Å². The monoisotopic (exact) mass is 446 g/mol. The van der Waals surface area contributed by atoms with Gasteiger partial charge >= 0.3 is 0 Å². The fraction of sp³-hybridized carbons (Fsp3) is 0.250. The minimum Gasteiger partial charge on any atom is -0.508 e. The van der Waals surface area contributed by atoms with Crippen LogP contribution in [-0.2, 0) is 27.4 Å². The first-order valence-electron chi connectivity index (χ1n) is 9.10. The summed E-state index contributed by atoms with van der Waals surface area (Å²) >= 11 is 1.18. The molecule has 2 N–H and O–H groups in total. The number of hydrogen-bond acceptors (Lipinski definition) is 7. The molecule has 1 amide bonds. The maximum atomic E-state index is 12.7. The number of aryl methyl sites for hydroxylation is 1. The number of sulfone groups is 1. The Balaban J connectivity index is 1.67. The van der Waals surface area contributed by atoms with Crippen LogP contribution in [0.3, 0.4) is 0 Å². The topological polar surface area (TPSA) is 114 Å². The number of amides is 1. The predicted molar refractivity (Wildman–Crippen MR) is 115 cm³/mol. The molecule has 8 nitrogen and oxygen atoms in total. The van der Waals surface area contributed by atoms with Gasteiger partial charge in [0.15, 0.2) is 15.0 Å². The van der Waals surface area contributed by atoms with Crippen molar-refractivity contribution in [2.45, 2.75) is 34.9 Å². The maximum Gasteiger partial charge on any atom is 0.237 e. The van der Waals surface area contributed by atoms with Crippen LogP contribution in [0.4, 0.5) is 5.69 Å². The minimum absolute atomic E-state index is 0.114. The Kier molecular flexibility index (Phi) is 6.47. The van der Waals surface area contributed by atoms with Gasteiger partial charge in [0.2, 0.25) is 5.91 Å². The highest BCUT2D eigenvalue weighted by Gasteiger charge is 2.23. The van der Waals surface area contributed by atoms with Gasteiger partial charge in [-0.15, -0.1) is 10.2 Å². The fourth-order valence-corrected chi connectivity index (χ4v) is 4.71. The number of phenols is 1. The van der Waals surface area contributed by atoms with Crippen LogP contribution in [0.5, 0.6) is 5.75 Å². The molecule has 1 unspecified atom stereocenters. The van der Waals surface area contributed by atoms with Crippen molar-refractivity contribution >= 4 is 33.2 Å². The van der Waals surface area contributed by atoms with Crippen molar-refractivity contribution in [1.82, 2.24) is 14.8 Å². The summed E-state index contributed by atoms with van der Waals surface area (Å²) in [4.78, 5) is 12.6. The van der Waals surface area contributed by atoms with Crippen LogP contribution in [0.1, 0.15) is 18.3 Å². The second-order valence-electron chi connectivity index (χ2n) is 6.83. The number of hydrogen-bond donors (Lipinski definition) is 2. The third kappa shape index (κ3) is 5.19. The lowest BCUT2D eigenvalue weighted by atomic mass is 10.2. The molecule has 0 saturated heterocycles. The van der Waals surface area contributed by atoms with Crippen molar-refractivity contribution < 1.29 is 18.3 Å². The lowest BCUT2D eigenvalue weighted by molar-refractivity contribution is -0.115. The SMILES string of the molecule is Cc1ccc(S(=O)(=O)Cc2nnc(SC(C)C(=O)Nc3ccc(O)cc3)n2C)cc1. The molecule has 3 rings (SSSR count). The number of benzene rings is 2. The number of aromatic nitrogens is 3. The number of anilines is 1. The molecule has 0 aliphatic heterocycles. The summed E-state index contributed by atoms with van der Waals surface area (Å²) in [5.74, 6) is -0.122. The van der Waals surface area contributed by atoms with E-state index in [1.54, 1.807) is 54.9 Å². The van der Waals surface area contributed by atoms with Gasteiger partial charge < -0.3 is 15.0 Å². The van der Waals surface area contributed by atoms with Gasteiger partial charge in [0.05, 0.1) is 10.1 Å². The second-order valence-corrected chi connectivity index (χ2v) is 10.1. The minimum atomic E-state index is -3.56. The quantitative estimate of drug-likeness (QED) is 0.424. The van der Waals surface area contributed by atoms with Gasteiger partial charge in [0, 0.05) is 12.7 Å². The van der Waals surface area contributed by atoms with Crippen LogP contribution in [0.2, 0.25) is 0 Å². The molecule has 3 aromatic rings. The molecular weight excluding hydrogens is 424 g/mol. The van der Waals surface area contributed by atoms with E-state index in [4.69, 9.17) is 0 Å². The fourth-order valence-electron chi connectivity index (χ4n) is 2.57. The lowest BCUT2D eigenvalue weighted by Gasteiger charge is -2.12. The van der Waals surface area contributed by atoms with Gasteiger partial charge in [-0.3, -0.25) is 4.79 Å². The highest BCUT2D eigenvalue weighted by molar-refractivity contribution is 8.00. The zero-order chi connectivity index (χ0) is 21.9. The van der Waals surface area contributed by atoms with E-state index in [0.29, 0.717) is 16.7 Å². The van der Waals surface area contributed by atoms with Gasteiger partial charge in [-0.1, -0.05) is 29.5 Å². The number of rotatable bonds is 7. The van der Waals surface area contributed by atoms with Crippen molar-refractivity contribution in [2.75, 3.05) is 5.32 Å². The van der Waals surface area contributed by atoms with E-state index in [0.717, 1.165) is 5.56 Å². The number of thioether (sulfide) groups is 1. The van der Waals surface area contributed by atoms with Crippen molar-refractivity contribution in [3.63, 3.8) is 0 Å². The molecule has 1 heterocycles. The summed E-state index contributed by atoms with van der Waals surface area (Å²) in [6, 6.07) is 12.8. The Hall–Kier alpha value is -2.85. The van der Waals surface area contributed by atoms with Crippen molar-refractivity contribution in [3.05, 3.63) is 59.9 Å². The third-order valence-corrected chi connectivity index (χ3v) is 7.17. The Morgan fingerprint density at radius 3 is 2.40 bits per heavy atom. The highest BCUT2D eigenvalue weighted by Crippen LogP contribution is 2.24. The van der Waals surface area contributed by atoms with E-state index in [2.05, 4.69) is 15.5 Å². The van der Waals surface area contributed by atoms with Gasteiger partial charge in [0.25, 0.3) is 0 Å². The predicted octanol–water partition coefficient (Wildman–Crippen LogP) is 2.92. The molecule has 1 aromatic heterocycles. The molecule has 0 spiro atoms. The molecule has 158 valence electrons. The van der Waals surface area contributed by atoms with Crippen LogP contribution >= 0.6 is 11.8 Å². The van der Waals surface area contributed by atoms with Crippen LogP contribution in [0.25, 0.3) is 0 Å². The Morgan fingerprint density at radius 1 is 1.13 bits per heavy atom. The number of nitrogens with zero attached hydrogens (tertiary/aromatic N) is 3. The number of carbonyl (C=O) groups is 1. The van der Waals surface area contributed by atoms with Gasteiger partial charge in [0.1, 0.15) is 17.3 Å². The van der Waals surface area contributed by atoms with Crippen LogP contribution < -0.4 is 5.32 Å². The number of carbonyl (C=O) groups excluding carboxylic acids is 1. The second kappa shape index (κ2) is 8.88. The summed E-state index contributed by atoms with van der Waals surface area (Å²) in [5.41, 5.74) is 1.54. The first-order valence-corrected chi connectivity index (χ1v) is 11.6. The molecule has 1 atom stereocenters. The third-order valence-electron chi connectivity index (χ3n) is 4.41. The Morgan fingerprint density at radius 2 is 1.77 bits per heavy atom. The van der Waals surface area contributed by atoms with Crippen LogP contribution in [-0.4, -0.2) is 39.4 Å². The molecule has 0 fully saturated rings. The summed E-state index contributed by atoms with van der Waals surface area (Å²) in [5, 5.41) is 20.1. The van der Waals surface area contributed by atoms with E-state index in [9.17, 15) is 18.3 Å². The highest BCUT2D eigenvalue weighted by atomic mass is 32.2. The molecule has 10 heteroatoms. The summed E-state index contributed by atoms with van der Waals surface area (Å²) in [6.45, 7) is 3.61. The van der Waals surface area contributed by atoms with E-state index in [1.807, 2.05) is 6.92 Å². The largest absolute Gasteiger partial charge is 0.508 e. The summed E-state index contributed by atoms with van der Waals surface area (Å²) in [6.07, 6.45) is 0. The first-order chi connectivity index (χ1) is 14.2. The first kappa shape index (κ1) is 21.8. The smallest absolute Gasteiger partial charge is 0.237 e. The number of aromatic hydroxyl groups is 1. The van der Waals surface area contributed by atoms with Crippen LogP contribution in [0.15, 0.2) is 58.6 Å². The molecule has 30 heavy (non-hydrogen) atoms. The van der Waals surface area contributed by atoms with Crippen molar-refractivity contribution in [3.8, 4) is 5.75 Å². The Bertz CT molecular complexity index is 1140. The molecule has 0 aliphatic rings. The van der Waals surface area contributed by atoms with Gasteiger partial charge in [-0.25, -0.2) is 8.42 Å². The van der Waals surface area contributed by atoms with Crippen LogP contribution in [0, 0.1) is 6.92 Å². The van der Waals surface area contributed by atoms with E-state index in [-0.39, 0.29) is 22.3 Å². The van der Waals surface area contributed by atoms with E-state index in [1.165, 1.54) is 23.9 Å². The molecule has 2 aromatic carbocycles. The standard InChI is InChI=1S/C20H22N4O4S2/c1-13-4-10-17(11-5-13)30(27,28)12-18-22-23-20(24(18)3)29-14(2)19(26)21-15-6-8-16(25)9-7-15/h4-11,14,25H,12H2,1-3H3,(H,21,26). The van der Waals surface area contributed by atoms with E-state index >= 15 is 0 Å². The summed E-state index contributed by atoms with van der Waals surface area (Å²) in [7, 11) is -1.89. The zero-order valence-corrected chi connectivity index (χ0v) is 18.4. The average molecular weight is 447 g/mol. The zero-order valence-electron chi connectivity index (χ0n) is 16.7. The summed E-state index contributed by atoms with van der Waals surface area (Å²) < 4.78 is 26.9. The Labute approximate surface area is 179 Å². The van der Waals surface area contributed by atoms with Gasteiger partial charge in [-0.2, -0.15) is 0 Å². The lowest BCUT2D eigenvalue weighted by Crippen LogP contribution is -2.22. The number of nitrogens with one attached hydrogen (secondary N) is 1. The molecular formula is C20H22N4O4S2. The average Bonchev–Trinajstić information content (AvgIpc) is 3.03. The molecule has 0 bridgehead atoms. The maximum absolute atomic E-state index is 12.7. The van der Waals surface area contributed by atoms with Crippen molar-refractivity contribution in [2.24, 2.45) is 7.05 Å². The normalized spacial score (nSPS) is 12.5. The molecule has 0 radical (unpaired) electrons. The molecule has 0 saturated carbocycles. The molecule has 0 aliphatic carbocycles.